The van der Waals surface area contributed by atoms with Crippen molar-refractivity contribution in [3.05, 3.63) is 35.2 Å². The number of anilines is 2. The Balaban J connectivity index is 1.59. The molecule has 0 bridgehead atoms. The van der Waals surface area contributed by atoms with Crippen molar-refractivity contribution in [2.75, 3.05) is 11.1 Å². The number of nitrogens with zero attached hydrogens (tertiary/aromatic N) is 2. The summed E-state index contributed by atoms with van der Waals surface area (Å²) in [6.07, 6.45) is 16.3. The zero-order chi connectivity index (χ0) is 23.9. The van der Waals surface area contributed by atoms with Crippen molar-refractivity contribution < 1.29 is 4.79 Å². The average Bonchev–Trinajstić information content (AvgIpc) is 2.85. The van der Waals surface area contributed by atoms with Gasteiger partial charge in [-0.3, -0.25) is 4.79 Å². The van der Waals surface area contributed by atoms with E-state index in [9.17, 15) is 4.79 Å². The third-order valence-electron chi connectivity index (χ3n) is 7.88. The largest absolute Gasteiger partial charge is 0.399 e. The van der Waals surface area contributed by atoms with E-state index in [1.54, 1.807) is 0 Å². The minimum atomic E-state index is 0.0917. The maximum atomic E-state index is 13.0. The number of carbonyl (C=O) groups excluding carboxylic acids is 1. The topological polar surface area (TPSA) is 80.9 Å². The zero-order valence-corrected chi connectivity index (χ0v) is 21.2. The van der Waals surface area contributed by atoms with Crippen LogP contribution in [0.5, 0.6) is 0 Å². The minimum absolute atomic E-state index is 0.0917. The molecule has 1 aromatic carbocycles. The van der Waals surface area contributed by atoms with Gasteiger partial charge in [-0.2, -0.15) is 0 Å². The number of hydrogen-bond acceptors (Lipinski definition) is 4. The molecular formula is C29H42N4O. The molecule has 1 amide bonds. The number of rotatable bonds is 8. The van der Waals surface area contributed by atoms with Crippen LogP contribution < -0.4 is 11.1 Å². The Morgan fingerprint density at radius 3 is 2.35 bits per heavy atom. The van der Waals surface area contributed by atoms with Gasteiger partial charge in [0.25, 0.3) is 0 Å². The number of hydrogen-bond donors (Lipinski definition) is 2. The molecule has 3 N–H and O–H groups in total. The van der Waals surface area contributed by atoms with Crippen LogP contribution in [0.4, 0.5) is 11.5 Å². The van der Waals surface area contributed by atoms with Crippen LogP contribution in [0.25, 0.3) is 11.3 Å². The van der Waals surface area contributed by atoms with Gasteiger partial charge < -0.3 is 11.1 Å². The van der Waals surface area contributed by atoms with Gasteiger partial charge in [-0.15, -0.1) is 0 Å². The molecule has 4 rings (SSSR count). The predicted molar refractivity (Wildman–Crippen MR) is 141 cm³/mol. The standard InChI is InChI=1S/C29H42N4O/c1-3-23-19-24(30)15-16-25(23)28-20(2)31-29(33-27(34)18-22-12-8-5-9-13-22)26(32-28)17-14-21-10-6-4-7-11-21/h15-16,19,21-22H,3-14,17-18,30H2,1-2H3,(H,31,33,34). The molecule has 5 heteroatoms. The lowest BCUT2D eigenvalue weighted by atomic mass is 9.85. The Morgan fingerprint density at radius 2 is 1.68 bits per heavy atom. The van der Waals surface area contributed by atoms with Gasteiger partial charge in [0.1, 0.15) is 0 Å². The normalized spacial score (nSPS) is 17.6. The number of benzene rings is 1. The van der Waals surface area contributed by atoms with Crippen molar-refractivity contribution in [2.45, 2.75) is 104 Å². The number of aromatic nitrogens is 2. The first kappa shape index (κ1) is 24.7. The van der Waals surface area contributed by atoms with E-state index in [1.807, 2.05) is 19.1 Å². The van der Waals surface area contributed by atoms with Crippen molar-refractivity contribution in [2.24, 2.45) is 11.8 Å². The Hall–Kier alpha value is -2.43. The molecule has 0 saturated heterocycles. The lowest BCUT2D eigenvalue weighted by Crippen LogP contribution is -2.21. The quantitative estimate of drug-likeness (QED) is 0.413. The number of amides is 1. The van der Waals surface area contributed by atoms with Gasteiger partial charge in [-0.25, -0.2) is 9.97 Å². The smallest absolute Gasteiger partial charge is 0.225 e. The van der Waals surface area contributed by atoms with Gasteiger partial charge in [0, 0.05) is 17.7 Å². The van der Waals surface area contributed by atoms with Crippen molar-refractivity contribution in [1.82, 2.24) is 9.97 Å². The van der Waals surface area contributed by atoms with Gasteiger partial charge in [-0.05, 0) is 68.6 Å². The second-order valence-corrected chi connectivity index (χ2v) is 10.5. The molecule has 1 aromatic heterocycles. The third kappa shape index (κ3) is 6.37. The van der Waals surface area contributed by atoms with Crippen LogP contribution in [-0.4, -0.2) is 15.9 Å². The fraction of sp³-hybridized carbons (Fsp3) is 0.621. The van der Waals surface area contributed by atoms with Crippen molar-refractivity contribution >= 4 is 17.4 Å². The molecular weight excluding hydrogens is 420 g/mol. The van der Waals surface area contributed by atoms with Gasteiger partial charge >= 0.3 is 0 Å². The minimum Gasteiger partial charge on any atom is -0.399 e. The van der Waals surface area contributed by atoms with Crippen molar-refractivity contribution in [1.29, 1.82) is 0 Å². The van der Waals surface area contributed by atoms with Crippen molar-refractivity contribution in [3.8, 4) is 11.3 Å². The van der Waals surface area contributed by atoms with Crippen LogP contribution in [0.3, 0.4) is 0 Å². The number of nitrogen functional groups attached to an aromatic ring is 1. The van der Waals surface area contributed by atoms with Crippen LogP contribution >= 0.6 is 0 Å². The lowest BCUT2D eigenvalue weighted by molar-refractivity contribution is -0.117. The van der Waals surface area contributed by atoms with Gasteiger partial charge in [0.05, 0.1) is 17.1 Å². The summed E-state index contributed by atoms with van der Waals surface area (Å²) in [4.78, 5) is 23.0. The Bertz CT molecular complexity index is 974. The highest BCUT2D eigenvalue weighted by atomic mass is 16.1. The number of nitrogens with one attached hydrogen (secondary N) is 1. The van der Waals surface area contributed by atoms with Crippen LogP contribution in [0, 0.1) is 18.8 Å². The molecule has 184 valence electrons. The second kappa shape index (κ2) is 11.8. The number of aryl methyl sites for hydroxylation is 3. The monoisotopic (exact) mass is 462 g/mol. The SMILES string of the molecule is CCc1cc(N)ccc1-c1nc(CCC2CCCCC2)c(NC(=O)CC2CCCCC2)nc1C. The summed E-state index contributed by atoms with van der Waals surface area (Å²) in [5, 5.41) is 3.17. The van der Waals surface area contributed by atoms with E-state index < -0.39 is 0 Å². The molecule has 0 atom stereocenters. The maximum absolute atomic E-state index is 13.0. The van der Waals surface area contributed by atoms with Crippen LogP contribution in [0.1, 0.15) is 101 Å². The zero-order valence-electron chi connectivity index (χ0n) is 21.2. The van der Waals surface area contributed by atoms with E-state index in [0.29, 0.717) is 18.2 Å². The van der Waals surface area contributed by atoms with E-state index in [0.717, 1.165) is 53.5 Å². The molecule has 0 radical (unpaired) electrons. The molecule has 2 aromatic rings. The molecule has 0 aliphatic heterocycles. The summed E-state index contributed by atoms with van der Waals surface area (Å²) in [5.41, 5.74) is 11.8. The fourth-order valence-corrected chi connectivity index (χ4v) is 5.87. The molecule has 5 nitrogen and oxygen atoms in total. The maximum Gasteiger partial charge on any atom is 0.225 e. The molecule has 2 aliphatic carbocycles. The van der Waals surface area contributed by atoms with E-state index in [4.69, 9.17) is 15.7 Å². The Morgan fingerprint density at radius 1 is 1.00 bits per heavy atom. The molecule has 0 unspecified atom stereocenters. The second-order valence-electron chi connectivity index (χ2n) is 10.5. The number of carbonyl (C=O) groups is 1. The van der Waals surface area contributed by atoms with Crippen molar-refractivity contribution in [3.63, 3.8) is 0 Å². The number of nitrogens with two attached hydrogens (primary N) is 1. The summed E-state index contributed by atoms with van der Waals surface area (Å²) in [6, 6.07) is 6.05. The Labute approximate surface area is 205 Å². The predicted octanol–water partition coefficient (Wildman–Crippen LogP) is 7.02. The molecule has 0 spiro atoms. The molecule has 1 heterocycles. The fourth-order valence-electron chi connectivity index (χ4n) is 5.87. The summed E-state index contributed by atoms with van der Waals surface area (Å²) < 4.78 is 0. The van der Waals surface area contributed by atoms with E-state index in [-0.39, 0.29) is 5.91 Å². The highest BCUT2D eigenvalue weighted by Crippen LogP contribution is 2.32. The molecule has 34 heavy (non-hydrogen) atoms. The van der Waals surface area contributed by atoms with Crippen LogP contribution in [-0.2, 0) is 17.6 Å². The summed E-state index contributed by atoms with van der Waals surface area (Å²) >= 11 is 0. The van der Waals surface area contributed by atoms with Gasteiger partial charge in [0.15, 0.2) is 5.82 Å². The van der Waals surface area contributed by atoms with Gasteiger partial charge in [0.2, 0.25) is 5.91 Å². The molecule has 2 saturated carbocycles. The van der Waals surface area contributed by atoms with E-state index in [1.165, 1.54) is 69.8 Å². The first-order valence-electron chi connectivity index (χ1n) is 13.6. The Kier molecular flexibility index (Phi) is 8.58. The summed E-state index contributed by atoms with van der Waals surface area (Å²) in [5.74, 6) is 2.03. The van der Waals surface area contributed by atoms with Crippen LogP contribution in [0.2, 0.25) is 0 Å². The summed E-state index contributed by atoms with van der Waals surface area (Å²) in [7, 11) is 0. The first-order valence-corrected chi connectivity index (χ1v) is 13.6. The van der Waals surface area contributed by atoms with E-state index in [2.05, 4.69) is 18.3 Å². The average molecular weight is 463 g/mol. The first-order chi connectivity index (χ1) is 16.5. The third-order valence-corrected chi connectivity index (χ3v) is 7.88. The highest BCUT2D eigenvalue weighted by molar-refractivity contribution is 5.90. The molecule has 2 aliphatic rings. The molecule has 2 fully saturated rings. The highest BCUT2D eigenvalue weighted by Gasteiger charge is 2.21. The summed E-state index contributed by atoms with van der Waals surface area (Å²) in [6.45, 7) is 4.14. The lowest BCUT2D eigenvalue weighted by Gasteiger charge is -2.23. The van der Waals surface area contributed by atoms with E-state index >= 15 is 0 Å². The van der Waals surface area contributed by atoms with Gasteiger partial charge in [-0.1, -0.05) is 64.4 Å². The van der Waals surface area contributed by atoms with Crippen LogP contribution in [0.15, 0.2) is 18.2 Å².